The molecule has 2 amide bonds. The van der Waals surface area contributed by atoms with Gasteiger partial charge in [-0.1, -0.05) is 64.1 Å². The first-order valence-electron chi connectivity index (χ1n) is 14.2. The van der Waals surface area contributed by atoms with Crippen molar-refractivity contribution in [1.82, 2.24) is 15.6 Å². The molecule has 1 aromatic heterocycles. The molecule has 5 N–H and O–H groups in total. The SMILES string of the molecule is CC(C)[C@H](NC(=O)[C@H]([NH3+])Cc1cccnc1)C(=O)N[C@H](B1O[C@@H]2C[C@@H]3C[C@@H](C3(C)C)[C@]2(C)O1)c1ccccc1.[Cl-]. The lowest BCUT2D eigenvalue weighted by atomic mass is 9.43. The third kappa shape index (κ3) is 5.66. The predicted octanol–water partition coefficient (Wildman–Crippen LogP) is -0.496. The van der Waals surface area contributed by atoms with Crippen molar-refractivity contribution in [2.24, 2.45) is 23.2 Å². The van der Waals surface area contributed by atoms with Gasteiger partial charge in [-0.3, -0.25) is 14.6 Å². The van der Waals surface area contributed by atoms with Crippen LogP contribution in [0.2, 0.25) is 0 Å². The number of pyridine rings is 1. The summed E-state index contributed by atoms with van der Waals surface area (Å²) in [7, 11) is -0.615. The average molecular weight is 569 g/mol. The van der Waals surface area contributed by atoms with E-state index in [9.17, 15) is 9.59 Å². The van der Waals surface area contributed by atoms with Crippen molar-refractivity contribution in [2.75, 3.05) is 0 Å². The fourth-order valence-corrected chi connectivity index (χ4v) is 6.95. The molecule has 3 aliphatic carbocycles. The van der Waals surface area contributed by atoms with Crippen LogP contribution in [0.5, 0.6) is 0 Å². The van der Waals surface area contributed by atoms with Crippen LogP contribution in [0.3, 0.4) is 0 Å². The van der Waals surface area contributed by atoms with Crippen LogP contribution >= 0.6 is 0 Å². The molecule has 10 heteroatoms. The summed E-state index contributed by atoms with van der Waals surface area (Å²) in [6, 6.07) is 12.3. The Hall–Kier alpha value is -2.46. The summed E-state index contributed by atoms with van der Waals surface area (Å²) in [5.41, 5.74) is 5.70. The smallest absolute Gasteiger partial charge is 0.486 e. The highest BCUT2D eigenvalue weighted by molar-refractivity contribution is 6.47. The quantitative estimate of drug-likeness (QED) is 0.353. The number of carbonyl (C=O) groups excluding carboxylic acids is 2. The first kappa shape index (κ1) is 30.5. The van der Waals surface area contributed by atoms with Crippen molar-refractivity contribution in [2.45, 2.75) is 83.6 Å². The minimum atomic E-state index is -0.729. The average Bonchev–Trinajstić information content (AvgIpc) is 3.27. The molecule has 1 aliphatic heterocycles. The number of hydrogen-bond acceptors (Lipinski definition) is 5. The number of amides is 2. The molecule has 0 radical (unpaired) electrons. The van der Waals surface area contributed by atoms with Crippen molar-refractivity contribution < 1.29 is 37.0 Å². The van der Waals surface area contributed by atoms with Crippen molar-refractivity contribution in [3.05, 3.63) is 66.0 Å². The monoisotopic (exact) mass is 568 g/mol. The zero-order valence-electron chi connectivity index (χ0n) is 24.1. The lowest BCUT2D eigenvalue weighted by Gasteiger charge is -2.64. The maximum absolute atomic E-state index is 13.7. The van der Waals surface area contributed by atoms with Crippen LogP contribution in [0.15, 0.2) is 54.9 Å². The van der Waals surface area contributed by atoms with E-state index < -0.39 is 25.1 Å². The third-order valence-electron chi connectivity index (χ3n) is 9.52. The van der Waals surface area contributed by atoms with Gasteiger partial charge < -0.3 is 38.1 Å². The second kappa shape index (κ2) is 11.8. The molecular formula is C30H42BClN4O4. The van der Waals surface area contributed by atoms with Crippen molar-refractivity contribution in [1.29, 1.82) is 0 Å². The standard InChI is InChI=1S/C30H41BN4O4.ClH/c1-18(2)25(34-27(36)22(32)14-19-10-9-13-33-17-19)28(37)35-26(20-11-7-6-8-12-20)31-38-24-16-21-15-23(29(21,3)4)30(24,5)39-31;/h6-13,17-18,21-26H,14-16,32H2,1-5H3,(H,34,36)(H,35,37);1H/t21-,22+,23-,24+,25-,26-,30-;/m0./s1. The van der Waals surface area contributed by atoms with Crippen LogP contribution in [-0.2, 0) is 25.3 Å². The van der Waals surface area contributed by atoms with E-state index in [-0.39, 0.29) is 47.3 Å². The zero-order chi connectivity index (χ0) is 27.9. The molecule has 40 heavy (non-hydrogen) atoms. The molecule has 4 aliphatic rings. The molecular weight excluding hydrogens is 527 g/mol. The molecule has 7 atom stereocenters. The molecule has 216 valence electrons. The zero-order valence-corrected chi connectivity index (χ0v) is 24.9. The predicted molar refractivity (Wildman–Crippen MR) is 149 cm³/mol. The lowest BCUT2D eigenvalue weighted by molar-refractivity contribution is -0.403. The number of halogens is 1. The Morgan fingerprint density at radius 1 is 1.07 bits per heavy atom. The second-order valence-corrected chi connectivity index (χ2v) is 12.7. The number of benzene rings is 1. The molecule has 0 unspecified atom stereocenters. The molecule has 0 spiro atoms. The van der Waals surface area contributed by atoms with Crippen molar-refractivity contribution in [3.8, 4) is 0 Å². The molecule has 1 saturated heterocycles. The van der Waals surface area contributed by atoms with Crippen LogP contribution in [-0.4, -0.2) is 47.7 Å². The van der Waals surface area contributed by atoms with Crippen LogP contribution in [0.25, 0.3) is 0 Å². The van der Waals surface area contributed by atoms with Gasteiger partial charge in [-0.25, -0.2) is 0 Å². The Labute approximate surface area is 244 Å². The maximum atomic E-state index is 13.7. The highest BCUT2D eigenvalue weighted by Gasteiger charge is 2.68. The summed E-state index contributed by atoms with van der Waals surface area (Å²) in [5, 5.41) is 6.14. The third-order valence-corrected chi connectivity index (χ3v) is 9.52. The molecule has 4 fully saturated rings. The van der Waals surface area contributed by atoms with E-state index in [4.69, 9.17) is 9.31 Å². The highest BCUT2D eigenvalue weighted by atomic mass is 35.5. The summed E-state index contributed by atoms with van der Waals surface area (Å²) in [6.45, 7) is 10.7. The number of aromatic nitrogens is 1. The number of hydrogen-bond donors (Lipinski definition) is 3. The van der Waals surface area contributed by atoms with E-state index in [1.54, 1.807) is 12.4 Å². The van der Waals surface area contributed by atoms with Crippen LogP contribution in [0.1, 0.15) is 64.5 Å². The normalized spacial score (nSPS) is 28.4. The Bertz CT molecular complexity index is 1190. The van der Waals surface area contributed by atoms with Gasteiger partial charge in [0.15, 0.2) is 6.04 Å². The molecule has 6 rings (SSSR count). The minimum Gasteiger partial charge on any atom is -1.00 e. The van der Waals surface area contributed by atoms with E-state index in [1.165, 1.54) is 0 Å². The summed E-state index contributed by atoms with van der Waals surface area (Å²) in [6.07, 6.45) is 6.00. The summed E-state index contributed by atoms with van der Waals surface area (Å²) < 4.78 is 13.3. The van der Waals surface area contributed by atoms with E-state index in [1.807, 2.05) is 56.3 Å². The highest BCUT2D eigenvalue weighted by Crippen LogP contribution is 2.66. The van der Waals surface area contributed by atoms with Crippen LogP contribution in [0.4, 0.5) is 0 Å². The van der Waals surface area contributed by atoms with Gasteiger partial charge in [0.25, 0.3) is 5.91 Å². The van der Waals surface area contributed by atoms with E-state index in [0.29, 0.717) is 18.3 Å². The first-order valence-corrected chi connectivity index (χ1v) is 14.2. The van der Waals surface area contributed by atoms with Crippen LogP contribution < -0.4 is 28.8 Å². The van der Waals surface area contributed by atoms with Crippen molar-refractivity contribution >= 4 is 18.9 Å². The van der Waals surface area contributed by atoms with E-state index >= 15 is 0 Å². The minimum absolute atomic E-state index is 0. The van der Waals surface area contributed by atoms with Gasteiger partial charge >= 0.3 is 7.12 Å². The number of nitrogens with zero attached hydrogens (tertiary/aromatic N) is 1. The fraction of sp³-hybridized carbons (Fsp3) is 0.567. The van der Waals surface area contributed by atoms with Gasteiger partial charge in [0, 0.05) is 18.8 Å². The van der Waals surface area contributed by atoms with Gasteiger partial charge in [-0.05, 0) is 60.1 Å². The molecule has 8 nitrogen and oxygen atoms in total. The molecule has 1 aromatic carbocycles. The largest absolute Gasteiger partial charge is 1.00 e. The summed E-state index contributed by atoms with van der Waals surface area (Å²) >= 11 is 0. The van der Waals surface area contributed by atoms with Crippen molar-refractivity contribution in [3.63, 3.8) is 0 Å². The van der Waals surface area contributed by atoms with Gasteiger partial charge in [0.1, 0.15) is 6.04 Å². The van der Waals surface area contributed by atoms with Crippen LogP contribution in [0, 0.1) is 23.2 Å². The summed E-state index contributed by atoms with van der Waals surface area (Å²) in [5.74, 6) is -0.117. The lowest BCUT2D eigenvalue weighted by Crippen LogP contribution is -3.00. The first-order chi connectivity index (χ1) is 18.5. The molecule has 2 bridgehead atoms. The topological polar surface area (TPSA) is 117 Å². The molecule has 2 aromatic rings. The Balaban J connectivity index is 0.00000370. The fourth-order valence-electron chi connectivity index (χ4n) is 6.95. The van der Waals surface area contributed by atoms with Gasteiger partial charge in [-0.2, -0.15) is 0 Å². The molecule has 3 saturated carbocycles. The van der Waals surface area contributed by atoms with Gasteiger partial charge in [-0.15, -0.1) is 0 Å². The number of quaternary nitrogens is 1. The molecule has 2 heterocycles. The van der Waals surface area contributed by atoms with E-state index in [2.05, 4.69) is 42.1 Å². The number of rotatable bonds is 9. The maximum Gasteiger partial charge on any atom is 0.486 e. The second-order valence-electron chi connectivity index (χ2n) is 12.7. The van der Waals surface area contributed by atoms with E-state index in [0.717, 1.165) is 24.0 Å². The number of carbonyl (C=O) groups is 2. The Morgan fingerprint density at radius 3 is 2.42 bits per heavy atom. The Kier molecular flexibility index (Phi) is 9.00. The van der Waals surface area contributed by atoms with Gasteiger partial charge in [0.05, 0.1) is 17.6 Å². The van der Waals surface area contributed by atoms with Gasteiger partial charge in [0.2, 0.25) is 5.91 Å². The summed E-state index contributed by atoms with van der Waals surface area (Å²) in [4.78, 5) is 30.9. The Morgan fingerprint density at radius 2 is 1.80 bits per heavy atom. The number of nitrogens with one attached hydrogen (secondary N) is 2.